The molecule has 4 nitrogen and oxygen atoms in total. The first-order valence-electron chi connectivity index (χ1n) is 7.41. The number of ether oxygens (including phenoxy) is 1. The Morgan fingerprint density at radius 1 is 1.28 bits per heavy atom. The molecular weight excluding hydrogens is 447 g/mol. The van der Waals surface area contributed by atoms with E-state index in [9.17, 15) is 4.79 Å². The van der Waals surface area contributed by atoms with Gasteiger partial charge in [-0.2, -0.15) is 0 Å². The van der Waals surface area contributed by atoms with Gasteiger partial charge in [-0.1, -0.05) is 36.2 Å². The van der Waals surface area contributed by atoms with Crippen LogP contribution in [0.1, 0.15) is 23.7 Å². The van der Waals surface area contributed by atoms with Crippen LogP contribution in [0.15, 0.2) is 40.9 Å². The first kappa shape index (κ1) is 20.0. The second kappa shape index (κ2) is 9.38. The number of halogens is 3. The zero-order valence-electron chi connectivity index (χ0n) is 13.2. The van der Waals surface area contributed by atoms with Gasteiger partial charge < -0.3 is 10.1 Å². The van der Waals surface area contributed by atoms with Crippen LogP contribution in [0.25, 0.3) is 0 Å². The van der Waals surface area contributed by atoms with E-state index in [-0.39, 0.29) is 11.0 Å². The molecule has 2 rings (SSSR count). The highest BCUT2D eigenvalue weighted by atomic mass is 79.9. The summed E-state index contributed by atoms with van der Waals surface area (Å²) in [5.41, 5.74) is 0.959. The van der Waals surface area contributed by atoms with E-state index in [1.165, 1.54) is 0 Å². The molecule has 0 unspecified atom stereocenters. The number of carbonyl (C=O) groups is 1. The SMILES string of the molecule is CCCOc1ccc(C(=O)NC(=S)Nc2cccc(Cl)c2Cl)cc1Br. The molecule has 0 aromatic heterocycles. The quantitative estimate of drug-likeness (QED) is 0.563. The minimum Gasteiger partial charge on any atom is -0.492 e. The Kier molecular flexibility index (Phi) is 7.50. The zero-order chi connectivity index (χ0) is 18.4. The van der Waals surface area contributed by atoms with E-state index >= 15 is 0 Å². The molecule has 0 radical (unpaired) electrons. The highest BCUT2D eigenvalue weighted by molar-refractivity contribution is 9.10. The van der Waals surface area contributed by atoms with Crippen LogP contribution in [0.5, 0.6) is 5.75 Å². The van der Waals surface area contributed by atoms with Crippen molar-refractivity contribution in [3.05, 3.63) is 56.5 Å². The largest absolute Gasteiger partial charge is 0.492 e. The van der Waals surface area contributed by atoms with Crippen molar-refractivity contribution in [2.24, 2.45) is 0 Å². The van der Waals surface area contributed by atoms with Gasteiger partial charge in [-0.3, -0.25) is 10.1 Å². The molecule has 0 aliphatic heterocycles. The van der Waals surface area contributed by atoms with Gasteiger partial charge in [0, 0.05) is 5.56 Å². The molecule has 132 valence electrons. The van der Waals surface area contributed by atoms with E-state index in [0.29, 0.717) is 38.1 Å². The molecule has 0 saturated carbocycles. The van der Waals surface area contributed by atoms with Crippen LogP contribution in [0, 0.1) is 0 Å². The fraction of sp³-hybridized carbons (Fsp3) is 0.176. The Balaban J connectivity index is 2.02. The third-order valence-electron chi connectivity index (χ3n) is 3.08. The Labute approximate surface area is 170 Å². The number of thiocarbonyl (C=S) groups is 1. The second-order valence-electron chi connectivity index (χ2n) is 5.00. The van der Waals surface area contributed by atoms with E-state index in [0.717, 1.165) is 6.42 Å². The Hall–Kier alpha value is -1.34. The van der Waals surface area contributed by atoms with Gasteiger partial charge in [0.1, 0.15) is 5.75 Å². The summed E-state index contributed by atoms with van der Waals surface area (Å²) in [6.45, 7) is 2.63. The van der Waals surface area contributed by atoms with Crippen molar-refractivity contribution in [1.82, 2.24) is 5.32 Å². The topological polar surface area (TPSA) is 50.4 Å². The van der Waals surface area contributed by atoms with Crippen LogP contribution >= 0.6 is 51.3 Å². The second-order valence-corrected chi connectivity index (χ2v) is 7.05. The van der Waals surface area contributed by atoms with E-state index < -0.39 is 0 Å². The van der Waals surface area contributed by atoms with Crippen LogP contribution in [-0.2, 0) is 0 Å². The van der Waals surface area contributed by atoms with Gasteiger partial charge in [0.2, 0.25) is 0 Å². The summed E-state index contributed by atoms with van der Waals surface area (Å²) in [5, 5.41) is 6.30. The van der Waals surface area contributed by atoms with Gasteiger partial charge in [0.25, 0.3) is 5.91 Å². The predicted octanol–water partition coefficient (Wildman–Crippen LogP) is 5.67. The number of anilines is 1. The molecule has 0 bridgehead atoms. The number of hydrogen-bond acceptors (Lipinski definition) is 3. The van der Waals surface area contributed by atoms with Gasteiger partial charge in [-0.25, -0.2) is 0 Å². The van der Waals surface area contributed by atoms with E-state index in [2.05, 4.69) is 26.6 Å². The molecule has 0 heterocycles. The van der Waals surface area contributed by atoms with Crippen LogP contribution in [-0.4, -0.2) is 17.6 Å². The van der Waals surface area contributed by atoms with Crippen molar-refractivity contribution < 1.29 is 9.53 Å². The fourth-order valence-electron chi connectivity index (χ4n) is 1.90. The number of nitrogens with one attached hydrogen (secondary N) is 2. The van der Waals surface area contributed by atoms with Gasteiger partial charge in [0.05, 0.1) is 26.8 Å². The lowest BCUT2D eigenvalue weighted by Gasteiger charge is -2.12. The monoisotopic (exact) mass is 460 g/mol. The smallest absolute Gasteiger partial charge is 0.257 e. The molecule has 0 aliphatic rings. The predicted molar refractivity (Wildman–Crippen MR) is 110 cm³/mol. The summed E-state index contributed by atoms with van der Waals surface area (Å²) in [4.78, 5) is 12.3. The number of benzene rings is 2. The van der Waals surface area contributed by atoms with Crippen LogP contribution in [0.3, 0.4) is 0 Å². The molecule has 2 aromatic rings. The first-order chi connectivity index (χ1) is 11.9. The van der Waals surface area contributed by atoms with Crippen LogP contribution in [0.4, 0.5) is 5.69 Å². The lowest BCUT2D eigenvalue weighted by Crippen LogP contribution is -2.34. The highest BCUT2D eigenvalue weighted by Gasteiger charge is 2.12. The molecule has 0 atom stereocenters. The van der Waals surface area contributed by atoms with Gasteiger partial charge in [0.15, 0.2) is 5.11 Å². The molecule has 0 aliphatic carbocycles. The molecule has 0 spiro atoms. The normalized spacial score (nSPS) is 10.2. The van der Waals surface area contributed by atoms with Crippen molar-refractivity contribution in [3.8, 4) is 5.75 Å². The Morgan fingerprint density at radius 3 is 2.72 bits per heavy atom. The third-order valence-corrected chi connectivity index (χ3v) is 4.73. The maximum Gasteiger partial charge on any atom is 0.257 e. The minimum absolute atomic E-state index is 0.122. The summed E-state index contributed by atoms with van der Waals surface area (Å²) in [5.74, 6) is 0.336. The van der Waals surface area contributed by atoms with E-state index in [4.69, 9.17) is 40.2 Å². The molecule has 8 heteroatoms. The molecule has 2 aromatic carbocycles. The summed E-state index contributed by atoms with van der Waals surface area (Å²) in [7, 11) is 0. The Morgan fingerprint density at radius 2 is 2.04 bits per heavy atom. The van der Waals surface area contributed by atoms with E-state index in [1.54, 1.807) is 36.4 Å². The van der Waals surface area contributed by atoms with Gasteiger partial charge in [-0.15, -0.1) is 0 Å². The van der Waals surface area contributed by atoms with Crippen LogP contribution < -0.4 is 15.4 Å². The summed E-state index contributed by atoms with van der Waals surface area (Å²) >= 11 is 20.6. The number of rotatable bonds is 5. The highest BCUT2D eigenvalue weighted by Crippen LogP contribution is 2.29. The summed E-state index contributed by atoms with van der Waals surface area (Å²) < 4.78 is 6.26. The maximum absolute atomic E-state index is 12.3. The first-order valence-corrected chi connectivity index (χ1v) is 9.36. The molecule has 0 saturated heterocycles. The third kappa shape index (κ3) is 5.57. The van der Waals surface area contributed by atoms with Gasteiger partial charge in [-0.05, 0) is 64.9 Å². The Bertz CT molecular complexity index is 802. The number of amides is 1. The van der Waals surface area contributed by atoms with Crippen molar-refractivity contribution in [1.29, 1.82) is 0 Å². The maximum atomic E-state index is 12.3. The average Bonchev–Trinajstić information content (AvgIpc) is 2.57. The lowest BCUT2D eigenvalue weighted by molar-refractivity contribution is 0.0977. The zero-order valence-corrected chi connectivity index (χ0v) is 17.2. The fourth-order valence-corrected chi connectivity index (χ4v) is 2.94. The van der Waals surface area contributed by atoms with Crippen molar-refractivity contribution in [2.45, 2.75) is 13.3 Å². The van der Waals surface area contributed by atoms with Crippen LogP contribution in [0.2, 0.25) is 10.0 Å². The molecule has 0 fully saturated rings. The average molecular weight is 462 g/mol. The number of hydrogen-bond donors (Lipinski definition) is 2. The lowest BCUT2D eigenvalue weighted by atomic mass is 10.2. The standard InChI is InChI=1S/C17H15BrCl2N2O2S/c1-2-8-24-14-7-6-10(9-11(14)18)16(23)22-17(25)21-13-5-3-4-12(19)15(13)20/h3-7,9H,2,8H2,1H3,(H2,21,22,23,25). The molecular formula is C17H15BrCl2N2O2S. The van der Waals surface area contributed by atoms with Gasteiger partial charge >= 0.3 is 0 Å². The molecule has 1 amide bonds. The summed E-state index contributed by atoms with van der Waals surface area (Å²) in [6, 6.07) is 10.2. The minimum atomic E-state index is -0.349. The van der Waals surface area contributed by atoms with E-state index in [1.807, 2.05) is 6.92 Å². The van der Waals surface area contributed by atoms with Crippen molar-refractivity contribution in [3.63, 3.8) is 0 Å². The number of carbonyl (C=O) groups excluding carboxylic acids is 1. The molecule has 25 heavy (non-hydrogen) atoms. The van der Waals surface area contributed by atoms with Crippen molar-refractivity contribution >= 4 is 68.1 Å². The summed E-state index contributed by atoms with van der Waals surface area (Å²) in [6.07, 6.45) is 0.903. The van der Waals surface area contributed by atoms with Crippen molar-refractivity contribution in [2.75, 3.05) is 11.9 Å². The molecule has 2 N–H and O–H groups in total.